The van der Waals surface area contributed by atoms with Crippen molar-refractivity contribution in [2.45, 2.75) is 61.8 Å². The Labute approximate surface area is 109 Å². The Kier molecular flexibility index (Phi) is 19.7. The summed E-state index contributed by atoms with van der Waals surface area (Å²) in [6.45, 7) is 18.5. The van der Waals surface area contributed by atoms with Crippen LogP contribution in [0, 0.1) is 5.41 Å². The van der Waals surface area contributed by atoms with Crippen LogP contribution in [-0.4, -0.2) is 25.5 Å². The molecule has 0 saturated heterocycles. The van der Waals surface area contributed by atoms with E-state index in [0.29, 0.717) is 6.54 Å². The van der Waals surface area contributed by atoms with Crippen molar-refractivity contribution in [2.75, 3.05) is 19.6 Å². The highest BCUT2D eigenvalue weighted by atomic mass is 16.2. The Morgan fingerprint density at radius 1 is 1.00 bits per heavy atom. The minimum atomic E-state index is -0.272. The van der Waals surface area contributed by atoms with Crippen LogP contribution in [0.2, 0.25) is 0 Å². The van der Waals surface area contributed by atoms with Gasteiger partial charge in [0, 0.05) is 18.5 Å². The van der Waals surface area contributed by atoms with E-state index in [1.807, 2.05) is 41.5 Å². The number of nitrogens with one attached hydrogen (secondary N) is 2. The van der Waals surface area contributed by atoms with Crippen molar-refractivity contribution >= 4 is 5.91 Å². The Morgan fingerprint density at radius 3 is 1.71 bits per heavy atom. The highest BCUT2D eigenvalue weighted by molar-refractivity contribution is 5.81. The van der Waals surface area contributed by atoms with Crippen LogP contribution in [0.4, 0.5) is 0 Å². The summed E-state index contributed by atoms with van der Waals surface area (Å²) < 4.78 is 0. The van der Waals surface area contributed by atoms with Gasteiger partial charge in [-0.1, -0.05) is 61.8 Å². The molecule has 17 heavy (non-hydrogen) atoms. The van der Waals surface area contributed by atoms with E-state index in [0.717, 1.165) is 13.1 Å². The number of likely N-dealkylation sites (N-methyl/N-ethyl adjacent to an activating group) is 1. The molecule has 0 spiro atoms. The van der Waals surface area contributed by atoms with Gasteiger partial charge in [0.2, 0.25) is 5.91 Å². The first kappa shape index (κ1) is 21.7. The molecule has 0 fully saturated rings. The van der Waals surface area contributed by atoms with Crippen molar-refractivity contribution in [1.82, 2.24) is 10.6 Å². The van der Waals surface area contributed by atoms with Gasteiger partial charge in [0.05, 0.1) is 0 Å². The number of carbonyl (C=O) groups is 1. The zero-order valence-corrected chi connectivity index (χ0v) is 13.2. The first-order chi connectivity index (χ1) is 7.90. The molecule has 0 rings (SSSR count). The predicted octanol–water partition coefficient (Wildman–Crippen LogP) is 3.20. The Bertz CT molecular complexity index is 151. The zero-order chi connectivity index (χ0) is 14.3. The summed E-state index contributed by atoms with van der Waals surface area (Å²) in [5, 5.41) is 6.00. The summed E-state index contributed by atoms with van der Waals surface area (Å²) >= 11 is 0. The molecule has 0 atom stereocenters. The summed E-state index contributed by atoms with van der Waals surface area (Å²) in [6.07, 6.45) is 1.25. The van der Waals surface area contributed by atoms with Crippen molar-refractivity contribution in [1.29, 1.82) is 0 Å². The fourth-order valence-electron chi connectivity index (χ4n) is 0.706. The lowest BCUT2D eigenvalue weighted by molar-refractivity contribution is -0.128. The van der Waals surface area contributed by atoms with Gasteiger partial charge in [0.1, 0.15) is 0 Å². The SMILES string of the molecule is CC.CCC.CCNCCNC(=O)C(C)(C)C. The molecule has 106 valence electrons. The van der Waals surface area contributed by atoms with Crippen LogP contribution in [0.3, 0.4) is 0 Å². The molecule has 0 aliphatic heterocycles. The Hall–Kier alpha value is -0.570. The van der Waals surface area contributed by atoms with Crippen LogP contribution in [-0.2, 0) is 4.79 Å². The smallest absolute Gasteiger partial charge is 0.225 e. The summed E-state index contributed by atoms with van der Waals surface area (Å²) in [6, 6.07) is 0. The lowest BCUT2D eigenvalue weighted by Crippen LogP contribution is -2.38. The van der Waals surface area contributed by atoms with E-state index in [1.54, 1.807) is 0 Å². The van der Waals surface area contributed by atoms with Crippen molar-refractivity contribution in [3.8, 4) is 0 Å². The fraction of sp³-hybridized carbons (Fsp3) is 0.929. The number of rotatable bonds is 4. The first-order valence-corrected chi connectivity index (χ1v) is 6.89. The standard InChI is InChI=1S/C9H20N2O.C3H8.C2H6/c1-5-10-6-7-11-8(12)9(2,3)4;1-3-2;1-2/h10H,5-7H2,1-4H3,(H,11,12);3H2,1-2H3;1-2H3. The molecule has 0 aromatic rings. The third-order valence-corrected chi connectivity index (χ3v) is 1.52. The minimum absolute atomic E-state index is 0.111. The molecular weight excluding hydrogens is 212 g/mol. The second-order valence-corrected chi connectivity index (χ2v) is 4.57. The van der Waals surface area contributed by atoms with Gasteiger partial charge in [-0.2, -0.15) is 0 Å². The van der Waals surface area contributed by atoms with E-state index >= 15 is 0 Å². The normalized spacial score (nSPS) is 9.41. The molecule has 3 nitrogen and oxygen atoms in total. The van der Waals surface area contributed by atoms with Gasteiger partial charge in [-0.15, -0.1) is 0 Å². The van der Waals surface area contributed by atoms with Crippen molar-refractivity contribution in [3.63, 3.8) is 0 Å². The molecule has 0 saturated carbocycles. The van der Waals surface area contributed by atoms with Gasteiger partial charge < -0.3 is 10.6 Å². The maximum Gasteiger partial charge on any atom is 0.225 e. The average Bonchev–Trinajstić information content (AvgIpc) is 2.27. The lowest BCUT2D eigenvalue weighted by atomic mass is 9.96. The molecule has 0 radical (unpaired) electrons. The fourth-order valence-corrected chi connectivity index (χ4v) is 0.706. The molecule has 0 aromatic carbocycles. The van der Waals surface area contributed by atoms with Gasteiger partial charge in [-0.05, 0) is 6.54 Å². The predicted molar refractivity (Wildman–Crippen MR) is 78.3 cm³/mol. The molecule has 2 N–H and O–H groups in total. The maximum atomic E-state index is 11.3. The number of carbonyl (C=O) groups excluding carboxylic acids is 1. The van der Waals surface area contributed by atoms with Crippen LogP contribution in [0.15, 0.2) is 0 Å². The van der Waals surface area contributed by atoms with Crippen molar-refractivity contribution in [3.05, 3.63) is 0 Å². The molecular formula is C14H34N2O. The third-order valence-electron chi connectivity index (χ3n) is 1.52. The number of hydrogen-bond acceptors (Lipinski definition) is 2. The minimum Gasteiger partial charge on any atom is -0.354 e. The van der Waals surface area contributed by atoms with E-state index in [9.17, 15) is 4.79 Å². The van der Waals surface area contributed by atoms with Crippen LogP contribution in [0.25, 0.3) is 0 Å². The van der Waals surface area contributed by atoms with Gasteiger partial charge in [-0.3, -0.25) is 4.79 Å². The Balaban J connectivity index is -0.000000337. The largest absolute Gasteiger partial charge is 0.354 e. The second kappa shape index (κ2) is 15.4. The summed E-state index contributed by atoms with van der Waals surface area (Å²) in [7, 11) is 0. The topological polar surface area (TPSA) is 41.1 Å². The molecule has 1 amide bonds. The molecule has 0 bridgehead atoms. The van der Waals surface area contributed by atoms with Gasteiger partial charge >= 0.3 is 0 Å². The highest BCUT2D eigenvalue weighted by Gasteiger charge is 2.19. The van der Waals surface area contributed by atoms with E-state index in [1.165, 1.54) is 6.42 Å². The second-order valence-electron chi connectivity index (χ2n) is 4.57. The summed E-state index contributed by atoms with van der Waals surface area (Å²) in [4.78, 5) is 11.3. The van der Waals surface area contributed by atoms with Gasteiger partial charge in [-0.25, -0.2) is 0 Å². The zero-order valence-electron chi connectivity index (χ0n) is 13.2. The van der Waals surface area contributed by atoms with Crippen molar-refractivity contribution < 1.29 is 4.79 Å². The average molecular weight is 246 g/mol. The van der Waals surface area contributed by atoms with E-state index in [4.69, 9.17) is 0 Å². The lowest BCUT2D eigenvalue weighted by Gasteiger charge is -2.17. The number of amides is 1. The van der Waals surface area contributed by atoms with Crippen LogP contribution < -0.4 is 10.6 Å². The number of hydrogen-bond donors (Lipinski definition) is 2. The summed E-state index contributed by atoms with van der Waals surface area (Å²) in [5.74, 6) is 0.111. The quantitative estimate of drug-likeness (QED) is 0.748. The van der Waals surface area contributed by atoms with Crippen LogP contribution in [0.5, 0.6) is 0 Å². The van der Waals surface area contributed by atoms with E-state index in [2.05, 4.69) is 24.5 Å². The third kappa shape index (κ3) is 21.3. The Morgan fingerprint density at radius 2 is 1.41 bits per heavy atom. The monoisotopic (exact) mass is 246 g/mol. The highest BCUT2D eigenvalue weighted by Crippen LogP contribution is 2.11. The first-order valence-electron chi connectivity index (χ1n) is 6.89. The molecule has 0 aromatic heterocycles. The van der Waals surface area contributed by atoms with Crippen LogP contribution in [0.1, 0.15) is 61.8 Å². The van der Waals surface area contributed by atoms with Crippen molar-refractivity contribution in [2.24, 2.45) is 5.41 Å². The van der Waals surface area contributed by atoms with E-state index in [-0.39, 0.29) is 11.3 Å². The molecule has 3 heteroatoms. The van der Waals surface area contributed by atoms with Crippen LogP contribution >= 0.6 is 0 Å². The molecule has 0 aliphatic rings. The summed E-state index contributed by atoms with van der Waals surface area (Å²) in [5.41, 5.74) is -0.272. The maximum absolute atomic E-state index is 11.3. The van der Waals surface area contributed by atoms with E-state index < -0.39 is 0 Å². The van der Waals surface area contributed by atoms with Gasteiger partial charge in [0.15, 0.2) is 0 Å². The van der Waals surface area contributed by atoms with Gasteiger partial charge in [0.25, 0.3) is 0 Å². The molecule has 0 heterocycles. The molecule has 0 unspecified atom stereocenters. The molecule has 0 aliphatic carbocycles.